The van der Waals surface area contributed by atoms with E-state index in [9.17, 15) is 14.7 Å². The van der Waals surface area contributed by atoms with Gasteiger partial charge in [0, 0.05) is 0 Å². The van der Waals surface area contributed by atoms with Gasteiger partial charge in [0.15, 0.2) is 0 Å². The number of aryl methyl sites for hydroxylation is 2. The van der Waals surface area contributed by atoms with E-state index < -0.39 is 6.10 Å². The fourth-order valence-corrected chi connectivity index (χ4v) is 3.57. The van der Waals surface area contributed by atoms with Gasteiger partial charge in [0.2, 0.25) is 11.8 Å². The van der Waals surface area contributed by atoms with Crippen molar-refractivity contribution in [2.75, 3.05) is 6.54 Å². The Bertz CT molecular complexity index is 611. The van der Waals surface area contributed by atoms with E-state index >= 15 is 0 Å². The van der Waals surface area contributed by atoms with Crippen LogP contribution in [0.4, 0.5) is 0 Å². The molecule has 1 heterocycles. The lowest BCUT2D eigenvalue weighted by Gasteiger charge is -2.24. The summed E-state index contributed by atoms with van der Waals surface area (Å²) in [6.45, 7) is 7.85. The normalized spacial score (nSPS) is 27.8. The third-order valence-corrected chi connectivity index (χ3v) is 5.04. The quantitative estimate of drug-likeness (QED) is 0.865. The molecule has 4 heteroatoms. The maximum absolute atomic E-state index is 12.3. The van der Waals surface area contributed by atoms with Crippen LogP contribution in [0, 0.1) is 31.1 Å². The largest absolute Gasteiger partial charge is 0.387 e. The lowest BCUT2D eigenvalue weighted by atomic mass is 9.99. The molecule has 0 bridgehead atoms. The van der Waals surface area contributed by atoms with Crippen molar-refractivity contribution >= 4 is 11.8 Å². The van der Waals surface area contributed by atoms with Crippen molar-refractivity contribution in [2.45, 2.75) is 33.8 Å². The fourth-order valence-electron chi connectivity index (χ4n) is 3.57. The van der Waals surface area contributed by atoms with E-state index in [4.69, 9.17) is 0 Å². The maximum atomic E-state index is 12.3. The van der Waals surface area contributed by atoms with Crippen molar-refractivity contribution in [1.82, 2.24) is 4.90 Å². The van der Waals surface area contributed by atoms with Gasteiger partial charge in [0.1, 0.15) is 0 Å². The molecule has 21 heavy (non-hydrogen) atoms. The molecule has 1 aromatic carbocycles. The van der Waals surface area contributed by atoms with Gasteiger partial charge in [-0.3, -0.25) is 14.5 Å². The van der Waals surface area contributed by atoms with Gasteiger partial charge >= 0.3 is 0 Å². The molecule has 3 rings (SSSR count). The summed E-state index contributed by atoms with van der Waals surface area (Å²) in [5.41, 5.74) is 2.61. The molecule has 112 valence electrons. The molecule has 2 fully saturated rings. The molecule has 2 aliphatic rings. The van der Waals surface area contributed by atoms with E-state index in [1.807, 2.05) is 45.9 Å². The predicted octanol–water partition coefficient (Wildman–Crippen LogP) is 1.98. The number of hydrogen-bond donors (Lipinski definition) is 1. The van der Waals surface area contributed by atoms with Gasteiger partial charge in [-0.15, -0.1) is 0 Å². The third kappa shape index (κ3) is 2.01. The highest BCUT2D eigenvalue weighted by molar-refractivity contribution is 6.10. The van der Waals surface area contributed by atoms with E-state index in [1.54, 1.807) is 0 Å². The summed E-state index contributed by atoms with van der Waals surface area (Å²) in [5.74, 6) is -0.620. The van der Waals surface area contributed by atoms with Crippen molar-refractivity contribution in [2.24, 2.45) is 17.3 Å². The summed E-state index contributed by atoms with van der Waals surface area (Å²) in [6, 6.07) is 5.84. The Morgan fingerprint density at radius 3 is 2.33 bits per heavy atom. The van der Waals surface area contributed by atoms with Gasteiger partial charge < -0.3 is 5.11 Å². The lowest BCUT2D eigenvalue weighted by Crippen LogP contribution is -2.39. The second-order valence-electron chi connectivity index (χ2n) is 6.94. The van der Waals surface area contributed by atoms with Crippen LogP contribution in [0.15, 0.2) is 18.2 Å². The van der Waals surface area contributed by atoms with Crippen LogP contribution in [0.3, 0.4) is 0 Å². The molecule has 3 unspecified atom stereocenters. The zero-order valence-corrected chi connectivity index (χ0v) is 12.9. The molecule has 0 aromatic heterocycles. The first-order valence-corrected chi connectivity index (χ1v) is 7.35. The molecular formula is C17H21NO3. The van der Waals surface area contributed by atoms with Crippen LogP contribution in [0.2, 0.25) is 0 Å². The van der Waals surface area contributed by atoms with E-state index in [-0.39, 0.29) is 35.6 Å². The number of aliphatic hydroxyl groups excluding tert-OH is 1. The highest BCUT2D eigenvalue weighted by Crippen LogP contribution is 2.63. The molecule has 1 saturated heterocycles. The van der Waals surface area contributed by atoms with Crippen LogP contribution in [-0.2, 0) is 9.59 Å². The molecule has 1 aromatic rings. The fraction of sp³-hybridized carbons (Fsp3) is 0.529. The maximum Gasteiger partial charge on any atom is 0.233 e. The minimum absolute atomic E-state index is 0.0606. The van der Waals surface area contributed by atoms with E-state index in [1.165, 1.54) is 4.90 Å². The number of nitrogens with zero attached hydrogens (tertiary/aromatic N) is 1. The van der Waals surface area contributed by atoms with Gasteiger partial charge in [-0.05, 0) is 30.4 Å². The summed E-state index contributed by atoms with van der Waals surface area (Å²) in [5, 5.41) is 10.4. The highest BCUT2D eigenvalue weighted by atomic mass is 16.3. The number of benzene rings is 1. The number of aliphatic hydroxyl groups is 1. The van der Waals surface area contributed by atoms with Crippen LogP contribution in [-0.4, -0.2) is 28.4 Å². The topological polar surface area (TPSA) is 57.6 Å². The van der Waals surface area contributed by atoms with E-state index in [0.717, 1.165) is 16.7 Å². The summed E-state index contributed by atoms with van der Waals surface area (Å²) < 4.78 is 0. The average molecular weight is 287 g/mol. The standard InChI is InChI=1S/C17H21NO3/c1-9-5-6-10(2)11(7-9)12(19)8-18-15(20)13-14(16(18)21)17(13,3)4/h5-7,12-14,19H,8H2,1-4H3. The second-order valence-corrected chi connectivity index (χ2v) is 6.94. The highest BCUT2D eigenvalue weighted by Gasteiger charge is 2.72. The van der Waals surface area contributed by atoms with Crippen LogP contribution in [0.5, 0.6) is 0 Å². The van der Waals surface area contributed by atoms with Gasteiger partial charge in [-0.1, -0.05) is 37.6 Å². The zero-order valence-electron chi connectivity index (χ0n) is 12.9. The molecule has 1 aliphatic heterocycles. The molecular weight excluding hydrogens is 266 g/mol. The van der Waals surface area contributed by atoms with Crippen molar-refractivity contribution in [1.29, 1.82) is 0 Å². The van der Waals surface area contributed by atoms with Gasteiger partial charge in [-0.2, -0.15) is 0 Å². The first-order valence-electron chi connectivity index (χ1n) is 7.35. The molecule has 4 nitrogen and oxygen atoms in total. The number of piperidine rings is 1. The third-order valence-electron chi connectivity index (χ3n) is 5.04. The Kier molecular flexibility index (Phi) is 2.99. The van der Waals surface area contributed by atoms with E-state index in [2.05, 4.69) is 0 Å². The smallest absolute Gasteiger partial charge is 0.233 e. The number of β-amino-alcohol motifs (C(OH)–C–C–N with tert-alkyl or cyclic N) is 1. The van der Waals surface area contributed by atoms with Crippen LogP contribution < -0.4 is 0 Å². The molecule has 0 radical (unpaired) electrons. The van der Waals surface area contributed by atoms with Gasteiger partial charge in [0.05, 0.1) is 24.5 Å². The van der Waals surface area contributed by atoms with Gasteiger partial charge in [-0.25, -0.2) is 0 Å². The number of imide groups is 1. The SMILES string of the molecule is Cc1ccc(C)c(C(O)CN2C(=O)C3C(C2=O)C3(C)C)c1. The lowest BCUT2D eigenvalue weighted by molar-refractivity contribution is -0.144. The summed E-state index contributed by atoms with van der Waals surface area (Å²) in [7, 11) is 0. The first kappa shape index (κ1) is 14.3. The molecule has 1 saturated carbocycles. The molecule has 3 atom stereocenters. The van der Waals surface area contributed by atoms with Crippen LogP contribution >= 0.6 is 0 Å². The Labute approximate surface area is 124 Å². The van der Waals surface area contributed by atoms with E-state index in [0.29, 0.717) is 0 Å². The first-order chi connectivity index (χ1) is 9.75. The van der Waals surface area contributed by atoms with Crippen molar-refractivity contribution in [3.63, 3.8) is 0 Å². The molecule has 2 amide bonds. The summed E-state index contributed by atoms with van der Waals surface area (Å²) >= 11 is 0. The van der Waals surface area contributed by atoms with Crippen molar-refractivity contribution in [3.8, 4) is 0 Å². The van der Waals surface area contributed by atoms with Crippen molar-refractivity contribution in [3.05, 3.63) is 34.9 Å². The summed E-state index contributed by atoms with van der Waals surface area (Å²) in [4.78, 5) is 25.8. The minimum atomic E-state index is -0.821. The predicted molar refractivity (Wildman–Crippen MR) is 78.4 cm³/mol. The molecule has 1 aliphatic carbocycles. The number of carbonyl (C=O) groups excluding carboxylic acids is 2. The molecule has 1 N–H and O–H groups in total. The number of amides is 2. The Morgan fingerprint density at radius 1 is 1.19 bits per heavy atom. The second kappa shape index (κ2) is 4.41. The monoisotopic (exact) mass is 287 g/mol. The summed E-state index contributed by atoms with van der Waals surface area (Å²) in [6.07, 6.45) is -0.821. The average Bonchev–Trinajstić information content (AvgIpc) is 2.89. The number of hydrogen-bond acceptors (Lipinski definition) is 3. The molecule has 0 spiro atoms. The number of rotatable bonds is 3. The van der Waals surface area contributed by atoms with Gasteiger partial charge in [0.25, 0.3) is 0 Å². The Morgan fingerprint density at radius 2 is 1.76 bits per heavy atom. The number of carbonyl (C=O) groups is 2. The Balaban J connectivity index is 1.78. The van der Waals surface area contributed by atoms with Crippen LogP contribution in [0.1, 0.15) is 36.6 Å². The van der Waals surface area contributed by atoms with Crippen molar-refractivity contribution < 1.29 is 14.7 Å². The van der Waals surface area contributed by atoms with Crippen LogP contribution in [0.25, 0.3) is 0 Å². The minimum Gasteiger partial charge on any atom is -0.387 e. The number of fused-ring (bicyclic) bond motifs is 1. The number of likely N-dealkylation sites (tertiary alicyclic amines) is 1. The Hall–Kier alpha value is -1.68. The zero-order chi connectivity index (χ0) is 15.5.